The van der Waals surface area contributed by atoms with Crippen molar-refractivity contribution < 1.29 is 18.0 Å². The Balaban J connectivity index is 1.65. The number of hydrogen-bond acceptors (Lipinski definition) is 2. The lowest BCUT2D eigenvalue weighted by atomic mass is 10.0. The molecule has 6 heteroatoms. The Kier molecular flexibility index (Phi) is 5.80. The number of hydrogen-bond donors (Lipinski definition) is 2. The summed E-state index contributed by atoms with van der Waals surface area (Å²) < 4.78 is 39.1. The summed E-state index contributed by atoms with van der Waals surface area (Å²) in [5.74, 6) is -0.484. The molecule has 0 aliphatic heterocycles. The van der Waals surface area contributed by atoms with Gasteiger partial charge >= 0.3 is 6.18 Å². The van der Waals surface area contributed by atoms with E-state index in [1.165, 1.54) is 12.1 Å². The smallest absolute Gasteiger partial charge is 0.366 e. The summed E-state index contributed by atoms with van der Waals surface area (Å²) in [5.41, 5.74) is 8.08. The van der Waals surface area contributed by atoms with Gasteiger partial charge in [-0.3, -0.25) is 4.79 Å². The Morgan fingerprint density at radius 2 is 1.57 bits per heavy atom. The molecule has 0 unspecified atom stereocenters. The van der Waals surface area contributed by atoms with Crippen LogP contribution >= 0.6 is 0 Å². The predicted molar refractivity (Wildman–Crippen MR) is 102 cm³/mol. The number of carbonyl (C=O) groups is 1. The number of rotatable bonds is 6. The lowest BCUT2D eigenvalue weighted by Gasteiger charge is -2.13. The van der Waals surface area contributed by atoms with Crippen LogP contribution in [0.4, 0.5) is 13.2 Å². The second kappa shape index (κ2) is 8.27. The van der Waals surface area contributed by atoms with Gasteiger partial charge in [-0.1, -0.05) is 54.6 Å². The number of nitrogens with one attached hydrogen (secondary N) is 1. The predicted octanol–water partition coefficient (Wildman–Crippen LogP) is 4.76. The van der Waals surface area contributed by atoms with E-state index in [0.717, 1.165) is 22.8 Å². The monoisotopic (exact) mass is 384 g/mol. The Labute approximate surface area is 161 Å². The van der Waals surface area contributed by atoms with E-state index in [-0.39, 0.29) is 12.1 Å². The molecule has 0 atom stereocenters. The van der Waals surface area contributed by atoms with Gasteiger partial charge in [-0.15, -0.1) is 0 Å². The molecule has 0 aliphatic rings. The molecule has 3 N–H and O–H groups in total. The maximum Gasteiger partial charge on any atom is 0.416 e. The second-order valence-electron chi connectivity index (χ2n) is 6.40. The average Bonchev–Trinajstić information content (AvgIpc) is 2.68. The van der Waals surface area contributed by atoms with Gasteiger partial charge in [0.2, 0.25) is 5.91 Å². The van der Waals surface area contributed by atoms with Crippen molar-refractivity contribution in [2.45, 2.75) is 19.3 Å². The Morgan fingerprint density at radius 3 is 2.25 bits per heavy atom. The van der Waals surface area contributed by atoms with Crippen LogP contribution in [0.1, 0.15) is 27.0 Å². The third-order valence-electron chi connectivity index (χ3n) is 4.40. The standard InChI is InChI=1S/C22H19F3N2O/c23-22(24,25)20-7-2-1-4-19(20)14-27-13-15-8-10-16(11-9-15)17-5-3-6-18(12-17)21(26)28/h1-12,27H,13-14H2,(H2,26,28). The van der Waals surface area contributed by atoms with Crippen molar-refractivity contribution in [3.8, 4) is 11.1 Å². The van der Waals surface area contributed by atoms with Crippen LogP contribution in [0.5, 0.6) is 0 Å². The van der Waals surface area contributed by atoms with Gasteiger partial charge in [0.25, 0.3) is 0 Å². The summed E-state index contributed by atoms with van der Waals surface area (Å²) in [4.78, 5) is 11.3. The molecule has 28 heavy (non-hydrogen) atoms. The number of nitrogens with two attached hydrogens (primary N) is 1. The highest BCUT2D eigenvalue weighted by molar-refractivity contribution is 5.94. The van der Waals surface area contributed by atoms with Crippen LogP contribution in [-0.4, -0.2) is 5.91 Å². The first-order valence-corrected chi connectivity index (χ1v) is 8.69. The molecule has 3 aromatic carbocycles. The van der Waals surface area contributed by atoms with E-state index in [1.54, 1.807) is 24.3 Å². The molecular weight excluding hydrogens is 365 g/mol. The molecule has 3 aromatic rings. The topological polar surface area (TPSA) is 55.1 Å². The van der Waals surface area contributed by atoms with Gasteiger partial charge in [0.05, 0.1) is 5.56 Å². The van der Waals surface area contributed by atoms with E-state index >= 15 is 0 Å². The van der Waals surface area contributed by atoms with Crippen LogP contribution in [0.15, 0.2) is 72.8 Å². The molecule has 0 saturated heterocycles. The maximum atomic E-state index is 13.0. The molecule has 3 nitrogen and oxygen atoms in total. The van der Waals surface area contributed by atoms with Crippen molar-refractivity contribution in [3.05, 3.63) is 95.1 Å². The van der Waals surface area contributed by atoms with E-state index in [1.807, 2.05) is 30.3 Å². The molecule has 0 spiro atoms. The Hall–Kier alpha value is -3.12. The second-order valence-corrected chi connectivity index (χ2v) is 6.40. The lowest BCUT2D eigenvalue weighted by Crippen LogP contribution is -2.17. The number of halogens is 3. The average molecular weight is 384 g/mol. The molecule has 0 bridgehead atoms. The number of amides is 1. The summed E-state index contributed by atoms with van der Waals surface area (Å²) in [5, 5.41) is 3.05. The number of alkyl halides is 3. The number of primary amides is 1. The highest BCUT2D eigenvalue weighted by Crippen LogP contribution is 2.31. The minimum absolute atomic E-state index is 0.123. The lowest BCUT2D eigenvalue weighted by molar-refractivity contribution is -0.138. The van der Waals surface area contributed by atoms with E-state index in [2.05, 4.69) is 5.32 Å². The third kappa shape index (κ3) is 4.78. The number of benzene rings is 3. The van der Waals surface area contributed by atoms with Crippen LogP contribution in [0.3, 0.4) is 0 Å². The summed E-state index contributed by atoms with van der Waals surface area (Å²) in [6.07, 6.45) is -4.36. The summed E-state index contributed by atoms with van der Waals surface area (Å²) in [6, 6.07) is 20.2. The van der Waals surface area contributed by atoms with E-state index < -0.39 is 17.6 Å². The van der Waals surface area contributed by atoms with Gasteiger partial charge in [-0.25, -0.2) is 0 Å². The maximum absolute atomic E-state index is 13.0. The summed E-state index contributed by atoms with van der Waals surface area (Å²) >= 11 is 0. The summed E-state index contributed by atoms with van der Waals surface area (Å²) in [7, 11) is 0. The van der Waals surface area contributed by atoms with Gasteiger partial charge in [-0.05, 0) is 40.5 Å². The van der Waals surface area contributed by atoms with Crippen molar-refractivity contribution in [2.75, 3.05) is 0 Å². The van der Waals surface area contributed by atoms with Crippen LogP contribution in [0.25, 0.3) is 11.1 Å². The zero-order chi connectivity index (χ0) is 20.1. The number of carbonyl (C=O) groups excluding carboxylic acids is 1. The van der Waals surface area contributed by atoms with Crippen LogP contribution in [-0.2, 0) is 19.3 Å². The van der Waals surface area contributed by atoms with Crippen molar-refractivity contribution in [1.29, 1.82) is 0 Å². The van der Waals surface area contributed by atoms with E-state index in [0.29, 0.717) is 12.1 Å². The first-order valence-electron chi connectivity index (χ1n) is 8.69. The molecule has 0 fully saturated rings. The van der Waals surface area contributed by atoms with E-state index in [4.69, 9.17) is 5.73 Å². The Morgan fingerprint density at radius 1 is 0.857 bits per heavy atom. The molecule has 144 valence electrons. The summed E-state index contributed by atoms with van der Waals surface area (Å²) in [6.45, 7) is 0.561. The normalized spacial score (nSPS) is 11.4. The van der Waals surface area contributed by atoms with Crippen molar-refractivity contribution in [1.82, 2.24) is 5.32 Å². The third-order valence-corrected chi connectivity index (χ3v) is 4.40. The van der Waals surface area contributed by atoms with Crippen molar-refractivity contribution in [3.63, 3.8) is 0 Å². The SMILES string of the molecule is NC(=O)c1cccc(-c2ccc(CNCc3ccccc3C(F)(F)F)cc2)c1. The molecule has 0 radical (unpaired) electrons. The Bertz CT molecular complexity index is 966. The quantitative estimate of drug-likeness (QED) is 0.644. The van der Waals surface area contributed by atoms with Gasteiger partial charge in [0.1, 0.15) is 0 Å². The highest BCUT2D eigenvalue weighted by Gasteiger charge is 2.32. The largest absolute Gasteiger partial charge is 0.416 e. The van der Waals surface area contributed by atoms with Crippen LogP contribution < -0.4 is 11.1 Å². The molecular formula is C22H19F3N2O. The molecule has 0 heterocycles. The van der Waals surface area contributed by atoms with Gasteiger partial charge in [0.15, 0.2) is 0 Å². The minimum atomic E-state index is -4.36. The first kappa shape index (κ1) is 19.6. The van der Waals surface area contributed by atoms with Gasteiger partial charge < -0.3 is 11.1 Å². The fraction of sp³-hybridized carbons (Fsp3) is 0.136. The van der Waals surface area contributed by atoms with E-state index in [9.17, 15) is 18.0 Å². The molecule has 3 rings (SSSR count). The molecule has 0 aliphatic carbocycles. The van der Waals surface area contributed by atoms with Crippen molar-refractivity contribution in [2.24, 2.45) is 5.73 Å². The minimum Gasteiger partial charge on any atom is -0.366 e. The van der Waals surface area contributed by atoms with Crippen LogP contribution in [0, 0.1) is 0 Å². The van der Waals surface area contributed by atoms with Crippen molar-refractivity contribution >= 4 is 5.91 Å². The molecule has 0 saturated carbocycles. The van der Waals surface area contributed by atoms with Gasteiger partial charge in [-0.2, -0.15) is 13.2 Å². The fourth-order valence-corrected chi connectivity index (χ4v) is 2.96. The molecule has 0 aromatic heterocycles. The highest BCUT2D eigenvalue weighted by atomic mass is 19.4. The molecule has 1 amide bonds. The zero-order valence-electron chi connectivity index (χ0n) is 15.0. The zero-order valence-corrected chi connectivity index (χ0v) is 15.0. The first-order chi connectivity index (χ1) is 13.3. The van der Waals surface area contributed by atoms with Crippen LogP contribution in [0.2, 0.25) is 0 Å². The van der Waals surface area contributed by atoms with Gasteiger partial charge in [0, 0.05) is 18.7 Å². The fourth-order valence-electron chi connectivity index (χ4n) is 2.96.